The van der Waals surface area contributed by atoms with Gasteiger partial charge in [0.2, 0.25) is 0 Å². The molecule has 0 saturated heterocycles. The van der Waals surface area contributed by atoms with Crippen LogP contribution in [0.2, 0.25) is 0 Å². The van der Waals surface area contributed by atoms with Crippen LogP contribution in [0.5, 0.6) is 5.75 Å². The van der Waals surface area contributed by atoms with Crippen LogP contribution in [0.15, 0.2) is 42.5 Å². The molecule has 2 rings (SSSR count). The summed E-state index contributed by atoms with van der Waals surface area (Å²) in [6.07, 6.45) is -0.517. The van der Waals surface area contributed by atoms with Crippen LogP contribution in [-0.2, 0) is 4.79 Å². The van der Waals surface area contributed by atoms with E-state index in [2.05, 4.69) is 39.1 Å². The zero-order chi connectivity index (χ0) is 17.0. The van der Waals surface area contributed by atoms with Crippen LogP contribution >= 0.6 is 0 Å². The van der Waals surface area contributed by atoms with Crippen LogP contribution in [0.3, 0.4) is 0 Å². The number of benzene rings is 2. The second-order valence-electron chi connectivity index (χ2n) is 6.79. The van der Waals surface area contributed by atoms with E-state index < -0.39 is 6.10 Å². The first-order chi connectivity index (χ1) is 10.9. The minimum atomic E-state index is -0.517. The van der Waals surface area contributed by atoms with Crippen molar-refractivity contribution in [2.45, 2.75) is 46.8 Å². The Kier molecular flexibility index (Phi) is 5.64. The van der Waals surface area contributed by atoms with E-state index in [1.54, 1.807) is 6.92 Å². The summed E-state index contributed by atoms with van der Waals surface area (Å²) < 4.78 is 5.83. The van der Waals surface area contributed by atoms with Gasteiger partial charge in [-0.3, -0.25) is 4.79 Å². The molecule has 1 unspecified atom stereocenters. The standard InChI is InChI=1S/C20H27NO2/c1-13(2)19(14(3)4)21-20(22)15(5)23-18-11-10-16-8-6-7-9-17(16)12-18/h6-15,19H,1-5H3,(H,21,22). The van der Waals surface area contributed by atoms with Gasteiger partial charge in [0, 0.05) is 6.04 Å². The van der Waals surface area contributed by atoms with Crippen molar-refractivity contribution in [2.24, 2.45) is 11.8 Å². The maximum atomic E-state index is 12.4. The highest BCUT2D eigenvalue weighted by atomic mass is 16.5. The fraction of sp³-hybridized carbons (Fsp3) is 0.450. The molecule has 3 nitrogen and oxygen atoms in total. The molecule has 1 amide bonds. The lowest BCUT2D eigenvalue weighted by molar-refractivity contribution is -0.128. The molecule has 0 aliphatic carbocycles. The number of ether oxygens (including phenoxy) is 1. The highest BCUT2D eigenvalue weighted by molar-refractivity contribution is 5.84. The first-order valence-electron chi connectivity index (χ1n) is 8.34. The van der Waals surface area contributed by atoms with Crippen molar-refractivity contribution in [1.29, 1.82) is 0 Å². The Morgan fingerprint density at radius 2 is 1.52 bits per heavy atom. The molecule has 3 heteroatoms. The Balaban J connectivity index is 2.04. The summed E-state index contributed by atoms with van der Waals surface area (Å²) in [6.45, 7) is 10.3. The van der Waals surface area contributed by atoms with E-state index in [-0.39, 0.29) is 11.9 Å². The Labute approximate surface area is 139 Å². The third-order valence-electron chi connectivity index (χ3n) is 4.15. The van der Waals surface area contributed by atoms with E-state index in [1.165, 1.54) is 0 Å². The number of rotatable bonds is 6. The number of carbonyl (C=O) groups is 1. The largest absolute Gasteiger partial charge is 0.481 e. The van der Waals surface area contributed by atoms with Gasteiger partial charge in [-0.05, 0) is 41.7 Å². The minimum Gasteiger partial charge on any atom is -0.481 e. The topological polar surface area (TPSA) is 38.3 Å². The summed E-state index contributed by atoms with van der Waals surface area (Å²) >= 11 is 0. The van der Waals surface area contributed by atoms with Crippen molar-refractivity contribution in [3.8, 4) is 5.75 Å². The summed E-state index contributed by atoms with van der Waals surface area (Å²) in [5.74, 6) is 1.45. The molecule has 1 atom stereocenters. The zero-order valence-electron chi connectivity index (χ0n) is 14.7. The van der Waals surface area contributed by atoms with E-state index in [0.717, 1.165) is 16.5 Å². The molecule has 0 aromatic heterocycles. The Morgan fingerprint density at radius 3 is 2.13 bits per heavy atom. The molecular formula is C20H27NO2. The lowest BCUT2D eigenvalue weighted by atomic mass is 9.93. The monoisotopic (exact) mass is 313 g/mol. The van der Waals surface area contributed by atoms with Crippen LogP contribution < -0.4 is 10.1 Å². The highest BCUT2D eigenvalue weighted by Gasteiger charge is 2.23. The molecule has 0 spiro atoms. The van der Waals surface area contributed by atoms with Crippen LogP contribution in [-0.4, -0.2) is 18.1 Å². The van der Waals surface area contributed by atoms with Gasteiger partial charge < -0.3 is 10.1 Å². The number of hydrogen-bond donors (Lipinski definition) is 1. The smallest absolute Gasteiger partial charge is 0.261 e. The van der Waals surface area contributed by atoms with Gasteiger partial charge in [-0.2, -0.15) is 0 Å². The van der Waals surface area contributed by atoms with E-state index in [0.29, 0.717) is 11.8 Å². The van der Waals surface area contributed by atoms with Crippen LogP contribution in [0.4, 0.5) is 0 Å². The zero-order valence-corrected chi connectivity index (χ0v) is 14.7. The number of hydrogen-bond acceptors (Lipinski definition) is 2. The third-order valence-corrected chi connectivity index (χ3v) is 4.15. The molecule has 0 heterocycles. The molecule has 0 aliphatic heterocycles. The molecule has 1 N–H and O–H groups in total. The maximum absolute atomic E-state index is 12.4. The molecule has 23 heavy (non-hydrogen) atoms. The average Bonchev–Trinajstić information content (AvgIpc) is 2.51. The molecule has 124 valence electrons. The lowest BCUT2D eigenvalue weighted by Crippen LogP contribution is -2.47. The van der Waals surface area contributed by atoms with Gasteiger partial charge in [-0.15, -0.1) is 0 Å². The van der Waals surface area contributed by atoms with E-state index in [1.807, 2.05) is 36.4 Å². The molecule has 0 saturated carbocycles. The van der Waals surface area contributed by atoms with Crippen LogP contribution in [0.25, 0.3) is 10.8 Å². The summed E-state index contributed by atoms with van der Waals surface area (Å²) in [6, 6.07) is 14.2. The van der Waals surface area contributed by atoms with Gasteiger partial charge in [0.05, 0.1) is 0 Å². The predicted molar refractivity (Wildman–Crippen MR) is 95.6 cm³/mol. The highest BCUT2D eigenvalue weighted by Crippen LogP contribution is 2.21. The number of fused-ring (bicyclic) bond motifs is 1. The van der Waals surface area contributed by atoms with Crippen molar-refractivity contribution in [3.63, 3.8) is 0 Å². The summed E-state index contributed by atoms with van der Waals surface area (Å²) in [5, 5.41) is 5.38. The average molecular weight is 313 g/mol. The summed E-state index contributed by atoms with van der Waals surface area (Å²) in [5.41, 5.74) is 0. The second-order valence-corrected chi connectivity index (χ2v) is 6.79. The first kappa shape index (κ1) is 17.3. The predicted octanol–water partition coefficient (Wildman–Crippen LogP) is 4.40. The van der Waals surface area contributed by atoms with Crippen molar-refractivity contribution in [3.05, 3.63) is 42.5 Å². The lowest BCUT2D eigenvalue weighted by Gasteiger charge is -2.27. The molecule has 0 aliphatic rings. The molecular weight excluding hydrogens is 286 g/mol. The fourth-order valence-electron chi connectivity index (χ4n) is 2.88. The van der Waals surface area contributed by atoms with Gasteiger partial charge in [-0.25, -0.2) is 0 Å². The Hall–Kier alpha value is -2.03. The number of amides is 1. The third kappa shape index (κ3) is 4.47. The summed E-state index contributed by atoms with van der Waals surface area (Å²) in [4.78, 5) is 12.4. The molecule has 0 radical (unpaired) electrons. The van der Waals surface area contributed by atoms with E-state index in [9.17, 15) is 4.79 Å². The van der Waals surface area contributed by atoms with E-state index in [4.69, 9.17) is 4.74 Å². The van der Waals surface area contributed by atoms with Crippen molar-refractivity contribution < 1.29 is 9.53 Å². The van der Waals surface area contributed by atoms with Crippen molar-refractivity contribution >= 4 is 16.7 Å². The van der Waals surface area contributed by atoms with Crippen molar-refractivity contribution in [1.82, 2.24) is 5.32 Å². The summed E-state index contributed by atoms with van der Waals surface area (Å²) in [7, 11) is 0. The Morgan fingerprint density at radius 1 is 0.913 bits per heavy atom. The molecule has 0 fully saturated rings. The van der Waals surface area contributed by atoms with Crippen LogP contribution in [0.1, 0.15) is 34.6 Å². The number of nitrogens with one attached hydrogen (secondary N) is 1. The van der Waals surface area contributed by atoms with Gasteiger partial charge >= 0.3 is 0 Å². The van der Waals surface area contributed by atoms with Gasteiger partial charge in [0.15, 0.2) is 6.10 Å². The van der Waals surface area contributed by atoms with Gasteiger partial charge in [0.1, 0.15) is 5.75 Å². The maximum Gasteiger partial charge on any atom is 0.261 e. The SMILES string of the molecule is CC(Oc1ccc2ccccc2c1)C(=O)NC(C(C)C)C(C)C. The van der Waals surface area contributed by atoms with Gasteiger partial charge in [-0.1, -0.05) is 58.0 Å². The number of carbonyl (C=O) groups excluding carboxylic acids is 1. The Bertz CT molecular complexity index is 655. The fourth-order valence-corrected chi connectivity index (χ4v) is 2.88. The van der Waals surface area contributed by atoms with Crippen molar-refractivity contribution in [2.75, 3.05) is 0 Å². The molecule has 2 aromatic carbocycles. The van der Waals surface area contributed by atoms with Crippen LogP contribution in [0, 0.1) is 11.8 Å². The van der Waals surface area contributed by atoms with E-state index >= 15 is 0 Å². The normalized spacial score (nSPS) is 12.9. The quantitative estimate of drug-likeness (QED) is 0.858. The minimum absolute atomic E-state index is 0.0643. The first-order valence-corrected chi connectivity index (χ1v) is 8.34. The molecule has 2 aromatic rings. The van der Waals surface area contributed by atoms with Gasteiger partial charge in [0.25, 0.3) is 5.91 Å². The molecule has 0 bridgehead atoms. The second kappa shape index (κ2) is 7.49.